The van der Waals surface area contributed by atoms with Gasteiger partial charge in [-0.15, -0.1) is 0 Å². The monoisotopic (exact) mass is 172 g/mol. The Morgan fingerprint density at radius 1 is 1.64 bits per heavy atom. The molecule has 0 aromatic heterocycles. The summed E-state index contributed by atoms with van der Waals surface area (Å²) >= 11 is 5.56. The molecule has 0 aliphatic rings. The lowest BCUT2D eigenvalue weighted by atomic mass is 10.2. The summed E-state index contributed by atoms with van der Waals surface area (Å²) in [5.74, 6) is 0.341. The number of nitrogens with two attached hydrogens (primary N) is 1. The van der Waals surface area contributed by atoms with Crippen molar-refractivity contribution in [1.29, 1.82) is 0 Å². The molecule has 0 bridgehead atoms. The van der Waals surface area contributed by atoms with Crippen molar-refractivity contribution >= 4 is 17.8 Å². The van der Waals surface area contributed by atoms with E-state index in [1.54, 1.807) is 0 Å². The molecule has 0 saturated carbocycles. The third-order valence-corrected chi connectivity index (χ3v) is 1.40. The van der Waals surface area contributed by atoms with E-state index in [0.717, 1.165) is 5.70 Å². The Morgan fingerprint density at radius 3 is 2.55 bits per heavy atom. The van der Waals surface area contributed by atoms with Crippen LogP contribution in [0.15, 0.2) is 28.5 Å². The van der Waals surface area contributed by atoms with E-state index in [1.165, 1.54) is 12.4 Å². The van der Waals surface area contributed by atoms with E-state index in [1.807, 2.05) is 13.8 Å². The van der Waals surface area contributed by atoms with Crippen LogP contribution in [0.25, 0.3) is 0 Å². The molecule has 0 atom stereocenters. The Bertz CT molecular complexity index is 192. The Labute approximate surface area is 72.5 Å². The highest BCUT2D eigenvalue weighted by Gasteiger charge is 1.95. The molecule has 0 fully saturated rings. The molecule has 0 aromatic rings. The molecule has 2 nitrogen and oxygen atoms in total. The van der Waals surface area contributed by atoms with Crippen LogP contribution in [-0.4, -0.2) is 6.21 Å². The fraction of sp³-hybridized carbons (Fsp3) is 0.375. The first-order chi connectivity index (χ1) is 5.07. The Balaban J connectivity index is 4.04. The highest BCUT2D eigenvalue weighted by molar-refractivity contribution is 6.39. The van der Waals surface area contributed by atoms with Gasteiger partial charge in [-0.1, -0.05) is 32.0 Å². The van der Waals surface area contributed by atoms with E-state index in [-0.39, 0.29) is 0 Å². The lowest BCUT2D eigenvalue weighted by Gasteiger charge is -2.00. The number of nitrogens with zero attached hydrogens (tertiary/aromatic N) is 1. The molecule has 0 aliphatic heterocycles. The lowest BCUT2D eigenvalue weighted by molar-refractivity contribution is 0.763. The summed E-state index contributed by atoms with van der Waals surface area (Å²) in [5.41, 5.74) is 5.92. The first-order valence-corrected chi connectivity index (χ1v) is 3.76. The second-order valence-corrected chi connectivity index (χ2v) is 2.89. The zero-order chi connectivity index (χ0) is 8.85. The number of allylic oxidation sites excluding steroid dienone is 2. The first kappa shape index (κ1) is 10.2. The molecule has 0 radical (unpaired) electrons. The van der Waals surface area contributed by atoms with Crippen molar-refractivity contribution in [2.45, 2.75) is 13.8 Å². The third-order valence-electron chi connectivity index (χ3n) is 1.18. The summed E-state index contributed by atoms with van der Waals surface area (Å²) in [4.78, 5) is 3.99. The smallest absolute Gasteiger partial charge is 0.0743 e. The van der Waals surface area contributed by atoms with E-state index >= 15 is 0 Å². The van der Waals surface area contributed by atoms with Crippen molar-refractivity contribution in [2.24, 2.45) is 16.6 Å². The SMILES string of the molecule is C=C(N=C/C(Cl)=C\N)C(C)C. The molecule has 0 unspecified atom stereocenters. The summed E-state index contributed by atoms with van der Waals surface area (Å²) in [5, 5.41) is 0.423. The van der Waals surface area contributed by atoms with E-state index in [4.69, 9.17) is 17.3 Å². The fourth-order valence-corrected chi connectivity index (χ4v) is 0.385. The Morgan fingerprint density at radius 2 is 2.18 bits per heavy atom. The molecule has 62 valence electrons. The number of halogens is 1. The fourth-order valence-electron chi connectivity index (χ4n) is 0.337. The van der Waals surface area contributed by atoms with E-state index in [2.05, 4.69) is 11.6 Å². The molecule has 0 spiro atoms. The highest BCUT2D eigenvalue weighted by Crippen LogP contribution is 2.07. The first-order valence-electron chi connectivity index (χ1n) is 3.38. The molecule has 11 heavy (non-hydrogen) atoms. The zero-order valence-corrected chi connectivity index (χ0v) is 7.60. The minimum absolute atomic E-state index is 0.341. The van der Waals surface area contributed by atoms with E-state index < -0.39 is 0 Å². The van der Waals surface area contributed by atoms with Crippen LogP contribution in [-0.2, 0) is 0 Å². The van der Waals surface area contributed by atoms with Crippen LogP contribution < -0.4 is 5.73 Å². The molecule has 3 heteroatoms. The standard InChI is InChI=1S/C8H13ClN2/c1-6(2)7(3)11-5-8(9)4-10/h4-6H,3,10H2,1-2H3/b8-4+,11-5?. The molecule has 0 rings (SSSR count). The average Bonchev–Trinajstić information content (AvgIpc) is 1.99. The van der Waals surface area contributed by atoms with Gasteiger partial charge in [-0.25, -0.2) is 0 Å². The van der Waals surface area contributed by atoms with Crippen molar-refractivity contribution in [3.05, 3.63) is 23.5 Å². The molecule has 0 amide bonds. The van der Waals surface area contributed by atoms with Crippen molar-refractivity contribution in [1.82, 2.24) is 0 Å². The maximum atomic E-state index is 5.56. The van der Waals surface area contributed by atoms with Gasteiger partial charge < -0.3 is 5.73 Å². The topological polar surface area (TPSA) is 38.4 Å². The second-order valence-electron chi connectivity index (χ2n) is 2.46. The van der Waals surface area contributed by atoms with Crippen LogP contribution >= 0.6 is 11.6 Å². The van der Waals surface area contributed by atoms with E-state index in [9.17, 15) is 0 Å². The summed E-state index contributed by atoms with van der Waals surface area (Å²) in [6.45, 7) is 7.76. The average molecular weight is 173 g/mol. The van der Waals surface area contributed by atoms with Gasteiger partial charge >= 0.3 is 0 Å². The molecule has 2 N–H and O–H groups in total. The predicted molar refractivity (Wildman–Crippen MR) is 50.6 cm³/mol. The predicted octanol–water partition coefficient (Wildman–Crippen LogP) is 2.27. The van der Waals surface area contributed by atoms with Crippen LogP contribution in [0.3, 0.4) is 0 Å². The van der Waals surface area contributed by atoms with Gasteiger partial charge in [0.15, 0.2) is 0 Å². The van der Waals surface area contributed by atoms with Gasteiger partial charge in [0, 0.05) is 18.1 Å². The highest BCUT2D eigenvalue weighted by atomic mass is 35.5. The van der Waals surface area contributed by atoms with Gasteiger partial charge in [-0.2, -0.15) is 0 Å². The molecule has 0 aliphatic carbocycles. The lowest BCUT2D eigenvalue weighted by Crippen LogP contribution is -1.90. The molecule has 0 aromatic carbocycles. The van der Waals surface area contributed by atoms with Crippen molar-refractivity contribution < 1.29 is 0 Å². The summed E-state index contributed by atoms with van der Waals surface area (Å²) in [6.07, 6.45) is 2.78. The summed E-state index contributed by atoms with van der Waals surface area (Å²) in [7, 11) is 0. The molecule has 0 saturated heterocycles. The summed E-state index contributed by atoms with van der Waals surface area (Å²) in [6, 6.07) is 0. The third kappa shape index (κ3) is 4.62. The van der Waals surface area contributed by atoms with Crippen molar-refractivity contribution in [3.8, 4) is 0 Å². The summed E-state index contributed by atoms with van der Waals surface area (Å²) < 4.78 is 0. The minimum Gasteiger partial charge on any atom is -0.403 e. The van der Waals surface area contributed by atoms with Gasteiger partial charge in [-0.05, 0) is 5.92 Å². The number of rotatable bonds is 3. The molecular formula is C8H13ClN2. The number of aliphatic imine (C=N–C) groups is 1. The Kier molecular flexibility index (Phi) is 4.62. The van der Waals surface area contributed by atoms with Crippen LogP contribution in [0.5, 0.6) is 0 Å². The van der Waals surface area contributed by atoms with Gasteiger partial charge in [0.25, 0.3) is 0 Å². The Hall–Kier alpha value is -0.760. The number of hydrogen-bond donors (Lipinski definition) is 1. The van der Waals surface area contributed by atoms with Crippen LogP contribution in [0.2, 0.25) is 0 Å². The maximum absolute atomic E-state index is 5.56. The van der Waals surface area contributed by atoms with Gasteiger partial charge in [0.1, 0.15) is 0 Å². The molecular weight excluding hydrogens is 160 g/mol. The van der Waals surface area contributed by atoms with Crippen molar-refractivity contribution in [2.75, 3.05) is 0 Å². The van der Waals surface area contributed by atoms with Crippen LogP contribution in [0.1, 0.15) is 13.8 Å². The largest absolute Gasteiger partial charge is 0.403 e. The quantitative estimate of drug-likeness (QED) is 0.652. The maximum Gasteiger partial charge on any atom is 0.0743 e. The van der Waals surface area contributed by atoms with Crippen LogP contribution in [0, 0.1) is 5.92 Å². The van der Waals surface area contributed by atoms with Gasteiger partial charge in [0.2, 0.25) is 0 Å². The van der Waals surface area contributed by atoms with Gasteiger partial charge in [-0.3, -0.25) is 4.99 Å². The van der Waals surface area contributed by atoms with Crippen LogP contribution in [0.4, 0.5) is 0 Å². The number of hydrogen-bond acceptors (Lipinski definition) is 2. The normalized spacial score (nSPS) is 12.9. The zero-order valence-electron chi connectivity index (χ0n) is 6.84. The second kappa shape index (κ2) is 4.97. The van der Waals surface area contributed by atoms with Gasteiger partial charge in [0.05, 0.1) is 5.03 Å². The van der Waals surface area contributed by atoms with Crippen molar-refractivity contribution in [3.63, 3.8) is 0 Å². The molecule has 0 heterocycles. The van der Waals surface area contributed by atoms with E-state index in [0.29, 0.717) is 11.0 Å². The minimum atomic E-state index is 0.341.